The molecule has 342 valence electrons. The van der Waals surface area contributed by atoms with Gasteiger partial charge in [-0.2, -0.15) is 0 Å². The van der Waals surface area contributed by atoms with Crippen LogP contribution >= 0.6 is 23.1 Å². The number of aromatic nitrogens is 1. The lowest BCUT2D eigenvalue weighted by molar-refractivity contribution is -0.157. The van der Waals surface area contributed by atoms with Gasteiger partial charge in [0.1, 0.15) is 5.60 Å². The second-order valence-corrected chi connectivity index (χ2v) is 40.6. The van der Waals surface area contributed by atoms with Gasteiger partial charge >= 0.3 is 5.97 Å². The third-order valence-electron chi connectivity index (χ3n) is 12.8. The van der Waals surface area contributed by atoms with Crippen LogP contribution in [0.5, 0.6) is 0 Å². The molecule has 0 saturated carbocycles. The Morgan fingerprint density at radius 2 is 1.29 bits per heavy atom. The Bertz CT molecular complexity index is 1580. The summed E-state index contributed by atoms with van der Waals surface area (Å²) >= 11 is 3.58. The van der Waals surface area contributed by atoms with E-state index in [9.17, 15) is 4.79 Å². The molecule has 5 atom stereocenters. The fourth-order valence-electron chi connectivity index (χ4n) is 5.87. The molecule has 0 saturated heterocycles. The van der Waals surface area contributed by atoms with Crippen molar-refractivity contribution in [3.63, 3.8) is 0 Å². The Labute approximate surface area is 376 Å². The number of esters is 1. The smallest absolute Gasteiger partial charge is 0.308 e. The average Bonchev–Trinajstić information content (AvgIpc) is 3.42. The summed E-state index contributed by atoms with van der Waals surface area (Å²) in [7, 11) is -6.39. The highest BCUT2D eigenvalue weighted by Gasteiger charge is 2.47. The van der Waals surface area contributed by atoms with Crippen molar-refractivity contribution in [3.05, 3.63) is 45.5 Å². The molecule has 59 heavy (non-hydrogen) atoms. The van der Waals surface area contributed by atoms with E-state index in [4.69, 9.17) is 23.0 Å². The van der Waals surface area contributed by atoms with Gasteiger partial charge in [-0.15, -0.1) is 23.1 Å². The fraction of sp³-hybridized carbons (Fsp3) is 0.792. The lowest BCUT2D eigenvalue weighted by Crippen LogP contribution is -2.52. The first-order chi connectivity index (χ1) is 26.2. The zero-order valence-electron chi connectivity index (χ0n) is 42.7. The van der Waals surface area contributed by atoms with Crippen LogP contribution in [0.25, 0.3) is 6.08 Å². The van der Waals surface area contributed by atoms with Crippen molar-refractivity contribution in [2.24, 2.45) is 5.92 Å². The lowest BCUT2D eigenvalue weighted by atomic mass is 10.00. The molecule has 1 aromatic rings. The number of thiazole rings is 1. The van der Waals surface area contributed by atoms with E-state index in [1.807, 2.05) is 32.5 Å². The van der Waals surface area contributed by atoms with E-state index in [1.54, 1.807) is 11.3 Å². The molecule has 0 fully saturated rings. The minimum Gasteiger partial charge on any atom is -0.460 e. The number of carbonyl (C=O) groups is 1. The van der Waals surface area contributed by atoms with Crippen molar-refractivity contribution < 1.29 is 22.8 Å². The quantitative estimate of drug-likeness (QED) is 0.0733. The van der Waals surface area contributed by atoms with E-state index >= 15 is 0 Å². The second-order valence-electron chi connectivity index (χ2n) is 23.3. The van der Waals surface area contributed by atoms with E-state index in [-0.39, 0.29) is 57.0 Å². The zero-order chi connectivity index (χ0) is 46.4. The first kappa shape index (κ1) is 56.2. The number of allylic oxidation sites excluding steroid dienone is 2. The van der Waals surface area contributed by atoms with Crippen molar-refractivity contribution in [2.45, 2.75) is 239 Å². The van der Waals surface area contributed by atoms with Crippen LogP contribution in [0.3, 0.4) is 0 Å². The third kappa shape index (κ3) is 18.4. The van der Waals surface area contributed by atoms with Gasteiger partial charge in [-0.05, 0) is 134 Å². The van der Waals surface area contributed by atoms with Crippen LogP contribution in [0.1, 0.15) is 155 Å². The Morgan fingerprint density at radius 3 is 1.75 bits per heavy atom. The molecule has 0 N–H and O–H groups in total. The van der Waals surface area contributed by atoms with Gasteiger partial charge in [0.05, 0.1) is 35.4 Å². The number of hydrogen-bond donors (Lipinski definition) is 0. The first-order valence-corrected chi connectivity index (χ1v) is 32.6. The maximum Gasteiger partial charge on any atom is 0.308 e. The lowest BCUT2D eigenvalue weighted by Gasteiger charge is -2.46. The largest absolute Gasteiger partial charge is 0.460 e. The first-order valence-electron chi connectivity index (χ1n) is 22.1. The van der Waals surface area contributed by atoms with Gasteiger partial charge in [0.15, 0.2) is 25.0 Å². The molecular weight excluding hydrogens is 819 g/mol. The van der Waals surface area contributed by atoms with Gasteiger partial charge in [0, 0.05) is 21.3 Å². The highest BCUT2D eigenvalue weighted by Crippen LogP contribution is 2.46. The maximum absolute atomic E-state index is 13.4. The Hall–Kier alpha value is -0.799. The SMILES string of the molecule is CC(=CC[C@H](O[Si](C)(C)C(C)(C)C)C(C)=Cc1csc(C)n1)CC=C[C@H](C)[C@H](O[Si](C)(C)C(C)(C)C)[C@@H](C)SC(C)(C)C(CC(=O)OC(C)(C)C)O[Si](C)(C)C(C)(C)C. The Balaban J connectivity index is 3.47. The molecule has 1 rings (SSSR count). The van der Waals surface area contributed by atoms with Crippen molar-refractivity contribution in [2.75, 3.05) is 0 Å². The van der Waals surface area contributed by atoms with Crippen LogP contribution in [0.2, 0.25) is 54.4 Å². The molecule has 0 radical (unpaired) electrons. The third-order valence-corrected chi connectivity index (χ3v) is 28.6. The van der Waals surface area contributed by atoms with Crippen LogP contribution in [0.4, 0.5) is 0 Å². The summed E-state index contributed by atoms with van der Waals surface area (Å²) in [6, 6.07) is 0. The van der Waals surface area contributed by atoms with Crippen LogP contribution in [0.15, 0.2) is 34.8 Å². The summed E-state index contributed by atoms with van der Waals surface area (Å²) < 4.78 is 27.0. The molecule has 0 amide bonds. The van der Waals surface area contributed by atoms with Crippen LogP contribution in [0, 0.1) is 12.8 Å². The van der Waals surface area contributed by atoms with E-state index in [2.05, 4.69) is 180 Å². The van der Waals surface area contributed by atoms with Crippen molar-refractivity contribution in [1.82, 2.24) is 4.98 Å². The number of aryl methyl sites for hydroxylation is 1. The van der Waals surface area contributed by atoms with Gasteiger partial charge in [0.25, 0.3) is 0 Å². The normalized spacial score (nSPS) is 17.6. The highest BCUT2D eigenvalue weighted by atomic mass is 32.2. The molecule has 1 unspecified atom stereocenters. The molecule has 6 nitrogen and oxygen atoms in total. The molecule has 0 spiro atoms. The number of hydrogen-bond acceptors (Lipinski definition) is 8. The van der Waals surface area contributed by atoms with Gasteiger partial charge in [-0.1, -0.05) is 100.0 Å². The summed E-state index contributed by atoms with van der Waals surface area (Å²) in [5.41, 5.74) is 3.00. The predicted molar refractivity (Wildman–Crippen MR) is 270 cm³/mol. The topological polar surface area (TPSA) is 66.9 Å². The van der Waals surface area contributed by atoms with Gasteiger partial charge in [-0.25, -0.2) is 4.98 Å². The summed E-state index contributed by atoms with van der Waals surface area (Å²) in [5.74, 6) is -0.0443. The molecule has 1 aromatic heterocycles. The molecule has 0 aliphatic carbocycles. The summed E-state index contributed by atoms with van der Waals surface area (Å²) in [4.78, 5) is 18.1. The van der Waals surface area contributed by atoms with Crippen molar-refractivity contribution in [1.29, 1.82) is 0 Å². The Morgan fingerprint density at radius 1 is 0.797 bits per heavy atom. The number of carbonyl (C=O) groups excluding carboxylic acids is 1. The molecule has 0 bridgehead atoms. The number of ether oxygens (including phenoxy) is 1. The summed E-state index contributed by atoms with van der Waals surface area (Å²) in [6.07, 6.45) is 10.8. The molecule has 0 aliphatic rings. The summed E-state index contributed by atoms with van der Waals surface area (Å²) in [6.45, 7) is 55.9. The molecule has 1 heterocycles. The van der Waals surface area contributed by atoms with E-state index < -0.39 is 35.3 Å². The van der Waals surface area contributed by atoms with Crippen LogP contribution < -0.4 is 0 Å². The number of thioether (sulfide) groups is 1. The zero-order valence-corrected chi connectivity index (χ0v) is 47.3. The van der Waals surface area contributed by atoms with Crippen molar-refractivity contribution >= 4 is 60.1 Å². The van der Waals surface area contributed by atoms with Crippen molar-refractivity contribution in [3.8, 4) is 0 Å². The van der Waals surface area contributed by atoms with E-state index in [0.717, 1.165) is 23.5 Å². The minimum absolute atomic E-state index is 0.000399. The fourth-order valence-corrected chi connectivity index (χ4v) is 12.5. The number of rotatable bonds is 20. The molecule has 0 aromatic carbocycles. The average molecular weight is 911 g/mol. The van der Waals surface area contributed by atoms with Gasteiger partial charge in [0.2, 0.25) is 0 Å². The van der Waals surface area contributed by atoms with Gasteiger partial charge in [-0.3, -0.25) is 4.79 Å². The second kappa shape index (κ2) is 21.3. The van der Waals surface area contributed by atoms with Crippen LogP contribution in [-0.2, 0) is 22.8 Å². The molecule has 11 heteroatoms. The summed E-state index contributed by atoms with van der Waals surface area (Å²) in [5, 5.41) is 3.51. The predicted octanol–water partition coefficient (Wildman–Crippen LogP) is 15.6. The number of nitrogens with zero attached hydrogens (tertiary/aromatic N) is 1. The van der Waals surface area contributed by atoms with Crippen LogP contribution in [-0.4, -0.2) is 69.8 Å². The van der Waals surface area contributed by atoms with E-state index in [0.29, 0.717) is 0 Å². The molecular formula is C48H91NO5S2Si3. The highest BCUT2D eigenvalue weighted by molar-refractivity contribution is 8.01. The Kier molecular flexibility index (Phi) is 20.3. The van der Waals surface area contributed by atoms with E-state index in [1.165, 1.54) is 11.1 Å². The standard InChI is InChI=1S/C48H91NO5S2Si3/c1-34(29-30-40(52-57(20,21)45(9,10)11)36(3)31-39-33-55-38(5)49-39)27-26-28-35(2)43(54-59(24,25)47(15,16)17)37(4)56-48(18,19)41(32-42(50)51-44(6,7)8)53-58(22,23)46(12,13)14/h26,28-29,31,33,35,37,40-41,43H,27,30,32H2,1-25H3/t35-,37+,40-,41?,43-/m0/s1. The monoisotopic (exact) mass is 910 g/mol. The van der Waals surface area contributed by atoms with Gasteiger partial charge < -0.3 is 18.0 Å². The minimum atomic E-state index is -2.23. The maximum atomic E-state index is 13.4. The molecule has 0 aliphatic heterocycles.